The van der Waals surface area contributed by atoms with Crippen LogP contribution >= 0.6 is 0 Å². The molecule has 0 aliphatic rings. The van der Waals surface area contributed by atoms with Crippen LogP contribution < -0.4 is 5.32 Å². The van der Waals surface area contributed by atoms with E-state index in [4.69, 9.17) is 4.74 Å². The van der Waals surface area contributed by atoms with Crippen molar-refractivity contribution in [2.75, 3.05) is 13.2 Å². The Labute approximate surface area is 545 Å². The zero-order valence-corrected chi connectivity index (χ0v) is 59.3. The fourth-order valence-corrected chi connectivity index (χ4v) is 12.9. The van der Waals surface area contributed by atoms with Crippen LogP contribution in [0.3, 0.4) is 0 Å². The van der Waals surface area contributed by atoms with Crippen LogP contribution in [-0.2, 0) is 14.3 Å². The summed E-state index contributed by atoms with van der Waals surface area (Å²) in [7, 11) is 0. The highest BCUT2D eigenvalue weighted by atomic mass is 16.5. The number of ether oxygens (including phenoxy) is 1. The van der Waals surface area contributed by atoms with Crippen molar-refractivity contribution in [2.45, 2.75) is 469 Å². The second-order valence-corrected chi connectivity index (χ2v) is 27.7. The number of amides is 1. The Morgan fingerprint density at radius 3 is 0.816 bits per heavy atom. The molecule has 2 atom stereocenters. The maximum atomic E-state index is 12.5. The van der Waals surface area contributed by atoms with Crippen LogP contribution in [0.1, 0.15) is 457 Å². The lowest BCUT2D eigenvalue weighted by molar-refractivity contribution is -0.143. The van der Waals surface area contributed by atoms with E-state index >= 15 is 0 Å². The van der Waals surface area contributed by atoms with Gasteiger partial charge in [0, 0.05) is 12.8 Å². The lowest BCUT2D eigenvalue weighted by Crippen LogP contribution is -2.45. The first-order valence-corrected chi connectivity index (χ1v) is 40.1. The van der Waals surface area contributed by atoms with Crippen LogP contribution in [0.15, 0.2) is 24.3 Å². The number of nitrogens with one attached hydrogen (secondary N) is 1. The van der Waals surface area contributed by atoms with E-state index in [1.807, 2.05) is 0 Å². The van der Waals surface area contributed by atoms with Crippen molar-refractivity contribution in [1.82, 2.24) is 5.32 Å². The summed E-state index contributed by atoms with van der Waals surface area (Å²) in [6.45, 7) is 5.00. The van der Waals surface area contributed by atoms with Gasteiger partial charge in [-0.3, -0.25) is 9.59 Å². The zero-order chi connectivity index (χ0) is 62.8. The average molecular weight is 1230 g/mol. The normalized spacial score (nSPS) is 12.6. The third-order valence-electron chi connectivity index (χ3n) is 19.0. The Bertz CT molecular complexity index is 1360. The standard InChI is InChI=1S/C81H157NO5/c1-3-5-7-9-11-13-15-17-19-42-47-51-55-59-63-67-71-75-81(86)87-76-72-68-64-60-56-52-48-44-41-39-37-35-33-31-29-27-25-23-21-22-24-26-28-30-32-34-36-38-40-43-46-50-54-58-62-66-70-74-80(85)82-78(77-83)79(84)73-69-65-61-57-53-49-45-20-18-16-14-12-10-8-6-4-2/h17,19,21,23,78-79,83-84H,3-16,18,20,22,24-77H2,1-2H3,(H,82,85)/b19-17-,23-21-. The number of carbonyl (C=O) groups excluding carboxylic acids is 2. The Kier molecular flexibility index (Phi) is 75.3. The van der Waals surface area contributed by atoms with Crippen molar-refractivity contribution in [3.63, 3.8) is 0 Å². The van der Waals surface area contributed by atoms with E-state index < -0.39 is 12.1 Å². The molecule has 0 saturated heterocycles. The molecule has 516 valence electrons. The largest absolute Gasteiger partial charge is 0.466 e. The number of allylic oxidation sites excluding steroid dienone is 4. The van der Waals surface area contributed by atoms with Crippen LogP contribution in [0, 0.1) is 0 Å². The maximum absolute atomic E-state index is 12.5. The summed E-state index contributed by atoms with van der Waals surface area (Å²) in [5, 5.41) is 23.4. The molecular weight excluding hydrogens is 1070 g/mol. The smallest absolute Gasteiger partial charge is 0.305 e. The van der Waals surface area contributed by atoms with E-state index in [0.717, 1.165) is 38.5 Å². The third-order valence-corrected chi connectivity index (χ3v) is 19.0. The Morgan fingerprint density at radius 2 is 0.540 bits per heavy atom. The minimum Gasteiger partial charge on any atom is -0.466 e. The van der Waals surface area contributed by atoms with Gasteiger partial charge in [-0.2, -0.15) is 0 Å². The van der Waals surface area contributed by atoms with E-state index in [1.54, 1.807) is 0 Å². The maximum Gasteiger partial charge on any atom is 0.305 e. The first-order chi connectivity index (χ1) is 43.0. The van der Waals surface area contributed by atoms with Gasteiger partial charge in [0.15, 0.2) is 0 Å². The highest BCUT2D eigenvalue weighted by Gasteiger charge is 2.20. The number of esters is 1. The molecule has 87 heavy (non-hydrogen) atoms. The summed E-state index contributed by atoms with van der Waals surface area (Å²) >= 11 is 0. The molecule has 0 aromatic carbocycles. The number of unbranched alkanes of at least 4 members (excludes halogenated alkanes) is 61. The van der Waals surface area contributed by atoms with E-state index in [0.29, 0.717) is 25.9 Å². The summed E-state index contributed by atoms with van der Waals surface area (Å²) < 4.78 is 5.51. The predicted octanol–water partition coefficient (Wildman–Crippen LogP) is 26.4. The van der Waals surface area contributed by atoms with Gasteiger partial charge in [0.1, 0.15) is 0 Å². The predicted molar refractivity (Wildman–Crippen MR) is 384 cm³/mol. The van der Waals surface area contributed by atoms with E-state index in [1.165, 1.54) is 385 Å². The molecule has 0 radical (unpaired) electrons. The number of rotatable bonds is 76. The molecule has 0 aromatic heterocycles. The van der Waals surface area contributed by atoms with Gasteiger partial charge in [-0.1, -0.05) is 391 Å². The molecule has 1 amide bonds. The van der Waals surface area contributed by atoms with Gasteiger partial charge in [0.05, 0.1) is 25.4 Å². The highest BCUT2D eigenvalue weighted by molar-refractivity contribution is 5.76. The lowest BCUT2D eigenvalue weighted by Gasteiger charge is -2.22. The van der Waals surface area contributed by atoms with Gasteiger partial charge in [0.25, 0.3) is 0 Å². The topological polar surface area (TPSA) is 95.9 Å². The second kappa shape index (κ2) is 76.8. The molecule has 3 N–H and O–H groups in total. The first-order valence-electron chi connectivity index (χ1n) is 40.1. The van der Waals surface area contributed by atoms with Gasteiger partial charge in [-0.25, -0.2) is 0 Å². The summed E-state index contributed by atoms with van der Waals surface area (Å²) in [5.74, 6) is -0.00794. The quantitative estimate of drug-likeness (QED) is 0.0320. The highest BCUT2D eigenvalue weighted by Crippen LogP contribution is 2.20. The van der Waals surface area contributed by atoms with Crippen molar-refractivity contribution < 1.29 is 24.5 Å². The fraction of sp³-hybridized carbons (Fsp3) is 0.926. The van der Waals surface area contributed by atoms with E-state index in [9.17, 15) is 19.8 Å². The molecule has 0 saturated carbocycles. The number of aliphatic hydroxyl groups is 2. The molecule has 0 fully saturated rings. The zero-order valence-electron chi connectivity index (χ0n) is 59.3. The summed E-state index contributed by atoms with van der Waals surface area (Å²) in [4.78, 5) is 24.6. The molecule has 0 aliphatic carbocycles. The molecule has 0 spiro atoms. The van der Waals surface area contributed by atoms with Gasteiger partial charge in [-0.05, 0) is 77.0 Å². The molecular formula is C81H157NO5. The fourth-order valence-electron chi connectivity index (χ4n) is 12.9. The summed E-state index contributed by atoms with van der Waals surface area (Å²) in [6.07, 6.45) is 98.5. The van der Waals surface area contributed by atoms with E-state index in [-0.39, 0.29) is 18.5 Å². The molecule has 0 heterocycles. The van der Waals surface area contributed by atoms with Crippen LogP contribution in [-0.4, -0.2) is 47.4 Å². The van der Waals surface area contributed by atoms with Gasteiger partial charge in [0.2, 0.25) is 5.91 Å². The number of hydrogen-bond acceptors (Lipinski definition) is 5. The van der Waals surface area contributed by atoms with Crippen LogP contribution in [0.2, 0.25) is 0 Å². The summed E-state index contributed by atoms with van der Waals surface area (Å²) in [6, 6.07) is -0.538. The molecule has 0 rings (SSSR count). The monoisotopic (exact) mass is 1220 g/mol. The minimum atomic E-state index is -0.661. The molecule has 0 bridgehead atoms. The van der Waals surface area contributed by atoms with Crippen molar-refractivity contribution in [1.29, 1.82) is 0 Å². The Balaban J connectivity index is 3.32. The van der Waals surface area contributed by atoms with Gasteiger partial charge < -0.3 is 20.3 Å². The summed E-state index contributed by atoms with van der Waals surface area (Å²) in [5.41, 5.74) is 0. The van der Waals surface area contributed by atoms with Crippen molar-refractivity contribution >= 4 is 11.9 Å². The number of carbonyl (C=O) groups is 2. The van der Waals surface area contributed by atoms with E-state index in [2.05, 4.69) is 43.5 Å². The second-order valence-electron chi connectivity index (χ2n) is 27.7. The van der Waals surface area contributed by atoms with Crippen molar-refractivity contribution in [3.05, 3.63) is 24.3 Å². The molecule has 6 heteroatoms. The average Bonchev–Trinajstić information content (AvgIpc) is 3.52. The number of hydrogen-bond donors (Lipinski definition) is 3. The van der Waals surface area contributed by atoms with Crippen molar-refractivity contribution in [2.24, 2.45) is 0 Å². The van der Waals surface area contributed by atoms with Crippen LogP contribution in [0.5, 0.6) is 0 Å². The molecule has 0 aliphatic heterocycles. The molecule has 0 aromatic rings. The number of aliphatic hydroxyl groups excluding tert-OH is 2. The van der Waals surface area contributed by atoms with Crippen molar-refractivity contribution in [3.8, 4) is 0 Å². The Morgan fingerprint density at radius 1 is 0.310 bits per heavy atom. The third kappa shape index (κ3) is 73.3. The van der Waals surface area contributed by atoms with Crippen LogP contribution in [0.4, 0.5) is 0 Å². The molecule has 2 unspecified atom stereocenters. The lowest BCUT2D eigenvalue weighted by atomic mass is 10.0. The SMILES string of the molecule is CCCCCCCC/C=C\CCCCCCCCCC(=O)OCCCCCCCCCCCCCCCCCC/C=C\CCCCCCCCCCCCCCCCCCCC(=O)NC(CO)C(O)CCCCCCCCCCCCCCCCCC. The minimum absolute atomic E-state index is 0.0190. The molecule has 6 nitrogen and oxygen atoms in total. The van der Waals surface area contributed by atoms with Gasteiger partial charge >= 0.3 is 5.97 Å². The first kappa shape index (κ1) is 85.3. The van der Waals surface area contributed by atoms with Crippen LogP contribution in [0.25, 0.3) is 0 Å². The Hall–Kier alpha value is -1.66. The van der Waals surface area contributed by atoms with Gasteiger partial charge in [-0.15, -0.1) is 0 Å².